The van der Waals surface area contributed by atoms with Gasteiger partial charge in [-0.15, -0.1) is 0 Å². The van der Waals surface area contributed by atoms with Gasteiger partial charge in [-0.2, -0.15) is 0 Å². The first kappa shape index (κ1) is 13.0. The molecule has 0 bridgehead atoms. The number of aryl methyl sites for hydroxylation is 1. The number of pyridine rings is 1. The Bertz CT molecular complexity index is 316. The van der Waals surface area contributed by atoms with Crippen molar-refractivity contribution in [2.24, 2.45) is 11.1 Å². The molecule has 0 aliphatic heterocycles. The fourth-order valence-electron chi connectivity index (χ4n) is 1.58. The highest BCUT2D eigenvalue weighted by Gasteiger charge is 2.20. The second-order valence-electron chi connectivity index (χ2n) is 5.08. The number of hydrogen-bond acceptors (Lipinski definition) is 3. The van der Waals surface area contributed by atoms with Crippen molar-refractivity contribution in [3.63, 3.8) is 0 Å². The van der Waals surface area contributed by atoms with Crippen molar-refractivity contribution in [2.75, 3.05) is 24.5 Å². The minimum Gasteiger partial charge on any atom is -0.356 e. The van der Waals surface area contributed by atoms with Crippen LogP contribution in [0.4, 0.5) is 5.82 Å². The third kappa shape index (κ3) is 3.49. The third-order valence-electron chi connectivity index (χ3n) is 2.77. The lowest BCUT2D eigenvalue weighted by Crippen LogP contribution is -2.39. The predicted molar refractivity (Wildman–Crippen MR) is 69.7 cm³/mol. The van der Waals surface area contributed by atoms with Crippen molar-refractivity contribution < 1.29 is 0 Å². The van der Waals surface area contributed by atoms with Gasteiger partial charge in [0.05, 0.1) is 0 Å². The summed E-state index contributed by atoms with van der Waals surface area (Å²) in [6.45, 7) is 11.2. The van der Waals surface area contributed by atoms with Gasteiger partial charge in [-0.25, -0.2) is 4.98 Å². The summed E-state index contributed by atoms with van der Waals surface area (Å²) < 4.78 is 0. The summed E-state index contributed by atoms with van der Waals surface area (Å²) in [7, 11) is 0. The van der Waals surface area contributed by atoms with E-state index in [2.05, 4.69) is 49.7 Å². The maximum Gasteiger partial charge on any atom is 0.128 e. The number of nitrogens with two attached hydrogens (primary N) is 1. The zero-order chi connectivity index (χ0) is 12.2. The molecule has 0 spiro atoms. The quantitative estimate of drug-likeness (QED) is 0.829. The van der Waals surface area contributed by atoms with Gasteiger partial charge < -0.3 is 10.6 Å². The van der Waals surface area contributed by atoms with E-state index in [-0.39, 0.29) is 5.41 Å². The smallest absolute Gasteiger partial charge is 0.128 e. The molecule has 0 aromatic carbocycles. The Hall–Kier alpha value is -1.09. The van der Waals surface area contributed by atoms with Crippen LogP contribution in [-0.2, 0) is 0 Å². The van der Waals surface area contributed by atoms with Crippen LogP contribution in [0.25, 0.3) is 0 Å². The molecule has 1 aromatic rings. The Balaban J connectivity index is 2.78. The number of anilines is 1. The van der Waals surface area contributed by atoms with Crippen LogP contribution in [0, 0.1) is 12.3 Å². The van der Waals surface area contributed by atoms with Gasteiger partial charge in [-0.05, 0) is 37.4 Å². The lowest BCUT2D eigenvalue weighted by atomic mass is 9.93. The Kier molecular flexibility index (Phi) is 4.30. The molecule has 1 aromatic heterocycles. The Labute approximate surface area is 98.7 Å². The summed E-state index contributed by atoms with van der Waals surface area (Å²) >= 11 is 0. The Morgan fingerprint density at radius 3 is 2.50 bits per heavy atom. The van der Waals surface area contributed by atoms with Gasteiger partial charge in [0.2, 0.25) is 0 Å². The zero-order valence-electron chi connectivity index (χ0n) is 10.8. The molecule has 0 aliphatic rings. The van der Waals surface area contributed by atoms with Crippen LogP contribution < -0.4 is 10.6 Å². The lowest BCUT2D eigenvalue weighted by molar-refractivity contribution is 0.379. The van der Waals surface area contributed by atoms with Crippen molar-refractivity contribution in [1.82, 2.24) is 4.98 Å². The number of hydrogen-bond donors (Lipinski definition) is 1. The normalized spacial score (nSPS) is 11.6. The Morgan fingerprint density at radius 1 is 1.38 bits per heavy atom. The molecule has 3 heteroatoms. The molecule has 1 heterocycles. The second kappa shape index (κ2) is 5.30. The van der Waals surface area contributed by atoms with Crippen LogP contribution in [0.1, 0.15) is 26.3 Å². The van der Waals surface area contributed by atoms with Gasteiger partial charge in [0, 0.05) is 19.3 Å². The molecule has 16 heavy (non-hydrogen) atoms. The number of nitrogens with zero attached hydrogens (tertiary/aromatic N) is 2. The van der Waals surface area contributed by atoms with E-state index in [0.717, 1.165) is 18.9 Å². The minimum absolute atomic E-state index is 0.128. The van der Waals surface area contributed by atoms with Crippen LogP contribution in [0.5, 0.6) is 0 Å². The average Bonchev–Trinajstić information content (AvgIpc) is 2.27. The highest BCUT2D eigenvalue weighted by Crippen LogP contribution is 2.19. The van der Waals surface area contributed by atoms with Crippen molar-refractivity contribution >= 4 is 5.82 Å². The van der Waals surface area contributed by atoms with Crippen molar-refractivity contribution in [3.05, 3.63) is 23.9 Å². The first-order valence-electron chi connectivity index (χ1n) is 5.86. The standard InChI is InChI=1S/C13H23N3/c1-5-16(10-13(3,4)9-14)12-7-6-11(2)8-15-12/h6-8H,5,9-10,14H2,1-4H3. The second-order valence-corrected chi connectivity index (χ2v) is 5.08. The minimum atomic E-state index is 0.128. The van der Waals surface area contributed by atoms with Gasteiger partial charge in [0.15, 0.2) is 0 Å². The van der Waals surface area contributed by atoms with Crippen LogP contribution in [0.15, 0.2) is 18.3 Å². The van der Waals surface area contributed by atoms with Crippen molar-refractivity contribution in [2.45, 2.75) is 27.7 Å². The van der Waals surface area contributed by atoms with Gasteiger partial charge >= 0.3 is 0 Å². The van der Waals surface area contributed by atoms with E-state index < -0.39 is 0 Å². The lowest BCUT2D eigenvalue weighted by Gasteiger charge is -2.31. The third-order valence-corrected chi connectivity index (χ3v) is 2.77. The summed E-state index contributed by atoms with van der Waals surface area (Å²) in [4.78, 5) is 6.72. The van der Waals surface area contributed by atoms with Gasteiger partial charge in [0.1, 0.15) is 5.82 Å². The van der Waals surface area contributed by atoms with E-state index in [1.165, 1.54) is 5.56 Å². The summed E-state index contributed by atoms with van der Waals surface area (Å²) in [5, 5.41) is 0. The Morgan fingerprint density at radius 2 is 2.06 bits per heavy atom. The fourth-order valence-corrected chi connectivity index (χ4v) is 1.58. The molecular formula is C13H23N3. The molecule has 3 nitrogen and oxygen atoms in total. The van der Waals surface area contributed by atoms with Crippen LogP contribution in [-0.4, -0.2) is 24.6 Å². The first-order chi connectivity index (χ1) is 7.48. The van der Waals surface area contributed by atoms with E-state index in [1.807, 2.05) is 6.20 Å². The summed E-state index contributed by atoms with van der Waals surface area (Å²) in [6.07, 6.45) is 1.91. The molecule has 0 radical (unpaired) electrons. The SMILES string of the molecule is CCN(CC(C)(C)CN)c1ccc(C)cn1. The number of rotatable bonds is 5. The molecule has 90 valence electrons. The molecular weight excluding hydrogens is 198 g/mol. The molecule has 0 unspecified atom stereocenters. The van der Waals surface area contributed by atoms with E-state index >= 15 is 0 Å². The molecule has 0 amide bonds. The maximum absolute atomic E-state index is 5.76. The molecule has 0 fully saturated rings. The largest absolute Gasteiger partial charge is 0.356 e. The van der Waals surface area contributed by atoms with Gasteiger partial charge in [0.25, 0.3) is 0 Å². The molecule has 0 saturated carbocycles. The van der Waals surface area contributed by atoms with E-state index in [4.69, 9.17) is 5.73 Å². The molecule has 0 atom stereocenters. The highest BCUT2D eigenvalue weighted by molar-refractivity contribution is 5.39. The monoisotopic (exact) mass is 221 g/mol. The first-order valence-corrected chi connectivity index (χ1v) is 5.86. The zero-order valence-corrected chi connectivity index (χ0v) is 10.8. The van der Waals surface area contributed by atoms with Crippen LogP contribution >= 0.6 is 0 Å². The molecule has 0 saturated heterocycles. The summed E-state index contributed by atoms with van der Waals surface area (Å²) in [5.41, 5.74) is 7.08. The van der Waals surface area contributed by atoms with Gasteiger partial charge in [-0.1, -0.05) is 19.9 Å². The summed E-state index contributed by atoms with van der Waals surface area (Å²) in [5.74, 6) is 1.04. The highest BCUT2D eigenvalue weighted by atomic mass is 15.2. The molecule has 1 rings (SSSR count). The van der Waals surface area contributed by atoms with Crippen molar-refractivity contribution in [1.29, 1.82) is 0 Å². The van der Waals surface area contributed by atoms with Crippen LogP contribution in [0.3, 0.4) is 0 Å². The van der Waals surface area contributed by atoms with E-state index in [1.54, 1.807) is 0 Å². The van der Waals surface area contributed by atoms with Crippen molar-refractivity contribution in [3.8, 4) is 0 Å². The fraction of sp³-hybridized carbons (Fsp3) is 0.615. The van der Waals surface area contributed by atoms with E-state index in [9.17, 15) is 0 Å². The average molecular weight is 221 g/mol. The van der Waals surface area contributed by atoms with Gasteiger partial charge in [-0.3, -0.25) is 0 Å². The molecule has 2 N–H and O–H groups in total. The van der Waals surface area contributed by atoms with Crippen LogP contribution in [0.2, 0.25) is 0 Å². The maximum atomic E-state index is 5.76. The summed E-state index contributed by atoms with van der Waals surface area (Å²) in [6, 6.07) is 4.17. The number of aromatic nitrogens is 1. The van der Waals surface area contributed by atoms with E-state index in [0.29, 0.717) is 6.54 Å². The molecule has 0 aliphatic carbocycles. The predicted octanol–water partition coefficient (Wildman–Crippen LogP) is 2.20. The topological polar surface area (TPSA) is 42.1 Å².